The number of anilines is 1. The summed E-state index contributed by atoms with van der Waals surface area (Å²) in [5.74, 6) is 0.522. The molecule has 2 rings (SSSR count). The van der Waals surface area contributed by atoms with E-state index >= 15 is 0 Å². The van der Waals surface area contributed by atoms with Crippen molar-refractivity contribution in [1.29, 1.82) is 0 Å². The molecule has 0 aromatic carbocycles. The zero-order valence-electron chi connectivity index (χ0n) is 18.4. The molecule has 2 atom stereocenters. The van der Waals surface area contributed by atoms with E-state index in [1.165, 1.54) is 18.5 Å². The molecule has 7 nitrogen and oxygen atoms in total. The van der Waals surface area contributed by atoms with Crippen LogP contribution in [0, 0.1) is 5.92 Å². The summed E-state index contributed by atoms with van der Waals surface area (Å²) in [5, 5.41) is 12.6. The summed E-state index contributed by atoms with van der Waals surface area (Å²) in [7, 11) is 3.57. The second-order valence-electron chi connectivity index (χ2n) is 7.22. The molecule has 1 aliphatic heterocycles. The van der Waals surface area contributed by atoms with E-state index in [1.807, 2.05) is 36.4 Å². The molecule has 0 saturated heterocycles. The number of carboxylic acid groups (broad SMARTS) is 1. The highest BCUT2D eigenvalue weighted by atomic mass is 16.5. The molecule has 2 heterocycles. The lowest BCUT2D eigenvalue weighted by atomic mass is 9.92. The third-order valence-electron chi connectivity index (χ3n) is 5.18. The molecule has 0 radical (unpaired) electrons. The number of rotatable bonds is 11. The molecule has 31 heavy (non-hydrogen) atoms. The Bertz CT molecular complexity index is 889. The van der Waals surface area contributed by atoms with Gasteiger partial charge in [0.25, 0.3) is 0 Å². The Hall–Kier alpha value is -3.48. The predicted molar refractivity (Wildman–Crippen MR) is 123 cm³/mol. The molecule has 1 unspecified atom stereocenters. The van der Waals surface area contributed by atoms with Crippen molar-refractivity contribution in [3.05, 3.63) is 84.8 Å². The highest BCUT2D eigenvalue weighted by Gasteiger charge is 2.22. The first-order valence-electron chi connectivity index (χ1n) is 10.1. The number of carbonyl (C=O) groups is 1. The maximum absolute atomic E-state index is 11.4. The van der Waals surface area contributed by atoms with Gasteiger partial charge in [-0.25, -0.2) is 4.79 Å². The lowest BCUT2D eigenvalue weighted by Gasteiger charge is -2.27. The standard InChI is InChI=1S/C24H31N3O4/c1-6-20-19(15-26-22-16-25-12-9-21(22)24(28)29)11-14-31-23(20)10-13-27(4)17(2)7-8-18(3)30-5/h6-10,12-13,16-17,19,26H,1,3,11,14-15H2,2,4-5H3,(H,28,29)/b8-7-,13-10+/t17?,19-/m0/s1. The Kier molecular flexibility index (Phi) is 8.94. The second-order valence-corrected chi connectivity index (χ2v) is 7.22. The quantitative estimate of drug-likeness (QED) is 0.406. The number of pyridine rings is 1. The average molecular weight is 426 g/mol. The average Bonchev–Trinajstić information content (AvgIpc) is 2.79. The zero-order chi connectivity index (χ0) is 22.8. The van der Waals surface area contributed by atoms with Gasteiger partial charge in [-0.15, -0.1) is 0 Å². The van der Waals surface area contributed by atoms with Crippen LogP contribution >= 0.6 is 0 Å². The van der Waals surface area contributed by atoms with Crippen LogP contribution in [-0.4, -0.2) is 54.3 Å². The van der Waals surface area contributed by atoms with E-state index in [9.17, 15) is 9.90 Å². The molecule has 2 N–H and O–H groups in total. The van der Waals surface area contributed by atoms with Crippen LogP contribution in [0.1, 0.15) is 23.7 Å². The van der Waals surface area contributed by atoms with Crippen LogP contribution in [0.25, 0.3) is 0 Å². The van der Waals surface area contributed by atoms with Crippen LogP contribution in [-0.2, 0) is 9.47 Å². The Morgan fingerprint density at radius 2 is 2.32 bits per heavy atom. The number of likely N-dealkylation sites (N-methyl/N-ethyl adjacent to an activating group) is 1. The molecule has 1 aromatic heterocycles. The van der Waals surface area contributed by atoms with Crippen molar-refractivity contribution in [1.82, 2.24) is 9.88 Å². The highest BCUT2D eigenvalue weighted by molar-refractivity contribution is 5.93. The SMILES string of the molecule is C=CC1=C(/C=C/N(C)C(C)/C=C\C(=C)OC)OCC[C@H]1CNc1cnccc1C(=O)O. The first kappa shape index (κ1) is 23.8. The van der Waals surface area contributed by atoms with E-state index in [1.54, 1.807) is 13.2 Å². The van der Waals surface area contributed by atoms with E-state index in [0.29, 0.717) is 24.6 Å². The number of methoxy groups -OCH3 is 1. The third kappa shape index (κ3) is 6.77. The topological polar surface area (TPSA) is 83.9 Å². The zero-order valence-corrected chi connectivity index (χ0v) is 18.4. The maximum atomic E-state index is 11.4. The Morgan fingerprint density at radius 3 is 3.00 bits per heavy atom. The van der Waals surface area contributed by atoms with Gasteiger partial charge in [0.05, 0.1) is 31.2 Å². The minimum Gasteiger partial charge on any atom is -0.497 e. The number of hydrogen-bond donors (Lipinski definition) is 2. The summed E-state index contributed by atoms with van der Waals surface area (Å²) < 4.78 is 10.9. The molecule has 1 aliphatic rings. The van der Waals surface area contributed by atoms with Gasteiger partial charge in [-0.2, -0.15) is 0 Å². The molecule has 0 aliphatic carbocycles. The lowest BCUT2D eigenvalue weighted by molar-refractivity contribution is 0.0697. The van der Waals surface area contributed by atoms with E-state index in [0.717, 1.165) is 17.8 Å². The fourth-order valence-electron chi connectivity index (χ4n) is 3.10. The summed E-state index contributed by atoms with van der Waals surface area (Å²) in [6.45, 7) is 10.9. The van der Waals surface area contributed by atoms with E-state index in [2.05, 4.69) is 30.4 Å². The van der Waals surface area contributed by atoms with Gasteiger partial charge in [0.15, 0.2) is 0 Å². The number of aromatic carboxylic acids is 1. The molecule has 0 spiro atoms. The molecular formula is C24H31N3O4. The van der Waals surface area contributed by atoms with Gasteiger partial charge in [0.2, 0.25) is 0 Å². The molecule has 7 heteroatoms. The van der Waals surface area contributed by atoms with Crippen molar-refractivity contribution in [3.63, 3.8) is 0 Å². The van der Waals surface area contributed by atoms with Gasteiger partial charge < -0.3 is 24.8 Å². The number of allylic oxidation sites excluding steroid dienone is 3. The van der Waals surface area contributed by atoms with E-state index in [-0.39, 0.29) is 17.5 Å². The van der Waals surface area contributed by atoms with Crippen molar-refractivity contribution in [2.24, 2.45) is 5.92 Å². The van der Waals surface area contributed by atoms with Gasteiger partial charge in [-0.3, -0.25) is 4.98 Å². The Labute approximate surface area is 184 Å². The number of nitrogens with zero attached hydrogens (tertiary/aromatic N) is 2. The van der Waals surface area contributed by atoms with Crippen molar-refractivity contribution in [3.8, 4) is 0 Å². The molecule has 0 fully saturated rings. The monoisotopic (exact) mass is 425 g/mol. The predicted octanol–water partition coefficient (Wildman–Crippen LogP) is 4.22. The van der Waals surface area contributed by atoms with Gasteiger partial charge in [-0.05, 0) is 37.1 Å². The molecule has 0 bridgehead atoms. The number of aromatic nitrogens is 1. The maximum Gasteiger partial charge on any atom is 0.337 e. The van der Waals surface area contributed by atoms with Crippen LogP contribution in [0.15, 0.2) is 79.2 Å². The number of carboxylic acids is 1. The van der Waals surface area contributed by atoms with Crippen LogP contribution in [0.2, 0.25) is 0 Å². The molecule has 1 aromatic rings. The number of hydrogen-bond acceptors (Lipinski definition) is 6. The van der Waals surface area contributed by atoms with E-state index in [4.69, 9.17) is 9.47 Å². The minimum atomic E-state index is -0.986. The van der Waals surface area contributed by atoms with Gasteiger partial charge in [0, 0.05) is 37.9 Å². The number of nitrogens with one attached hydrogen (secondary N) is 1. The van der Waals surface area contributed by atoms with Gasteiger partial charge in [0.1, 0.15) is 11.5 Å². The van der Waals surface area contributed by atoms with Crippen molar-refractivity contribution in [2.45, 2.75) is 19.4 Å². The van der Waals surface area contributed by atoms with Gasteiger partial charge in [-0.1, -0.05) is 25.3 Å². The first-order valence-corrected chi connectivity index (χ1v) is 10.1. The van der Waals surface area contributed by atoms with Crippen LogP contribution in [0.4, 0.5) is 5.69 Å². The molecule has 166 valence electrons. The van der Waals surface area contributed by atoms with Crippen molar-refractivity contribution >= 4 is 11.7 Å². The molecule has 0 saturated carbocycles. The Balaban J connectivity index is 2.10. The lowest BCUT2D eigenvalue weighted by Crippen LogP contribution is -2.24. The summed E-state index contributed by atoms with van der Waals surface area (Å²) >= 11 is 0. The highest BCUT2D eigenvalue weighted by Crippen LogP contribution is 2.28. The summed E-state index contributed by atoms with van der Waals surface area (Å²) in [6, 6.07) is 1.62. The molecular weight excluding hydrogens is 394 g/mol. The van der Waals surface area contributed by atoms with Crippen LogP contribution in [0.5, 0.6) is 0 Å². The van der Waals surface area contributed by atoms with Crippen molar-refractivity contribution < 1.29 is 19.4 Å². The number of ether oxygens (including phenoxy) is 2. The first-order chi connectivity index (χ1) is 14.9. The van der Waals surface area contributed by atoms with Gasteiger partial charge >= 0.3 is 5.97 Å². The van der Waals surface area contributed by atoms with Crippen LogP contribution < -0.4 is 5.32 Å². The van der Waals surface area contributed by atoms with E-state index < -0.39 is 5.97 Å². The van der Waals surface area contributed by atoms with Crippen LogP contribution in [0.3, 0.4) is 0 Å². The smallest absolute Gasteiger partial charge is 0.337 e. The largest absolute Gasteiger partial charge is 0.497 e. The minimum absolute atomic E-state index is 0.136. The Morgan fingerprint density at radius 1 is 1.55 bits per heavy atom. The third-order valence-corrected chi connectivity index (χ3v) is 5.18. The normalized spacial score (nSPS) is 17.3. The second kappa shape index (κ2) is 11.6. The molecule has 0 amide bonds. The van der Waals surface area contributed by atoms with Crippen molar-refractivity contribution in [2.75, 3.05) is 32.6 Å². The summed E-state index contributed by atoms with van der Waals surface area (Å²) in [4.78, 5) is 17.5. The fourth-order valence-corrected chi connectivity index (χ4v) is 3.10. The summed E-state index contributed by atoms with van der Waals surface area (Å²) in [5.41, 5.74) is 1.69. The summed E-state index contributed by atoms with van der Waals surface area (Å²) in [6.07, 6.45) is 13.4. The fraction of sp³-hybridized carbons (Fsp3) is 0.333.